The number of hydrogen-bond acceptors (Lipinski definition) is 7. The molecule has 1 atom stereocenters. The van der Waals surface area contributed by atoms with E-state index in [1.807, 2.05) is 55.6 Å². The average Bonchev–Trinajstić information content (AvgIpc) is 3.47. The summed E-state index contributed by atoms with van der Waals surface area (Å²) in [6.45, 7) is 3.74. The summed E-state index contributed by atoms with van der Waals surface area (Å²) in [7, 11) is 1.63. The molecule has 166 valence electrons. The highest BCUT2D eigenvalue weighted by Gasteiger charge is 2.33. The molecular formula is C23H24N4O3S2. The maximum atomic E-state index is 13.2. The molecule has 0 bridgehead atoms. The first-order valence-corrected chi connectivity index (χ1v) is 12.2. The second kappa shape index (κ2) is 9.70. The third-order valence-electron chi connectivity index (χ3n) is 5.36. The zero-order valence-electron chi connectivity index (χ0n) is 18.1. The van der Waals surface area contributed by atoms with Crippen LogP contribution < -0.4 is 10.3 Å². The van der Waals surface area contributed by atoms with Gasteiger partial charge in [-0.1, -0.05) is 36.9 Å². The molecular weight excluding hydrogens is 444 g/mol. The number of amides is 1. The van der Waals surface area contributed by atoms with E-state index in [-0.39, 0.29) is 23.3 Å². The van der Waals surface area contributed by atoms with Crippen LogP contribution in [-0.2, 0) is 11.2 Å². The van der Waals surface area contributed by atoms with Gasteiger partial charge in [-0.25, -0.2) is 9.99 Å². The second-order valence-electron chi connectivity index (χ2n) is 7.33. The summed E-state index contributed by atoms with van der Waals surface area (Å²) in [5.41, 5.74) is 3.11. The molecule has 1 aromatic carbocycles. The largest absolute Gasteiger partial charge is 0.497 e. The van der Waals surface area contributed by atoms with Crippen molar-refractivity contribution in [3.05, 3.63) is 73.8 Å². The first-order chi connectivity index (χ1) is 15.5. The molecule has 1 amide bonds. The Balaban J connectivity index is 1.55. The van der Waals surface area contributed by atoms with Crippen molar-refractivity contribution in [2.24, 2.45) is 5.10 Å². The number of carbonyl (C=O) groups excluding carboxylic acids is 1. The van der Waals surface area contributed by atoms with Crippen LogP contribution in [0.25, 0.3) is 0 Å². The minimum absolute atomic E-state index is 0.127. The minimum atomic E-state index is -0.192. The molecule has 0 saturated carbocycles. The van der Waals surface area contributed by atoms with Crippen LogP contribution in [0.3, 0.4) is 0 Å². The first kappa shape index (κ1) is 22.3. The van der Waals surface area contributed by atoms with Gasteiger partial charge in [0.15, 0.2) is 5.16 Å². The van der Waals surface area contributed by atoms with Crippen LogP contribution in [-0.4, -0.2) is 39.5 Å². The molecule has 0 fully saturated rings. The fourth-order valence-corrected chi connectivity index (χ4v) is 5.16. The van der Waals surface area contributed by atoms with Gasteiger partial charge in [0.1, 0.15) is 5.75 Å². The van der Waals surface area contributed by atoms with Crippen molar-refractivity contribution < 1.29 is 9.53 Å². The van der Waals surface area contributed by atoms with Crippen LogP contribution in [0.1, 0.15) is 41.1 Å². The Kier molecular flexibility index (Phi) is 6.76. The molecule has 7 nitrogen and oxygen atoms in total. The number of thioether (sulfide) groups is 1. The predicted octanol–water partition coefficient (Wildman–Crippen LogP) is 4.18. The molecule has 1 aliphatic heterocycles. The quantitative estimate of drug-likeness (QED) is 0.415. The molecule has 0 spiro atoms. The normalized spacial score (nSPS) is 15.7. The number of nitrogens with one attached hydrogen (secondary N) is 1. The van der Waals surface area contributed by atoms with Gasteiger partial charge < -0.3 is 9.72 Å². The lowest BCUT2D eigenvalue weighted by Gasteiger charge is -2.22. The number of carbonyl (C=O) groups is 1. The molecule has 0 unspecified atom stereocenters. The van der Waals surface area contributed by atoms with Crippen LogP contribution in [0.5, 0.6) is 5.75 Å². The topological polar surface area (TPSA) is 87.7 Å². The Morgan fingerprint density at radius 2 is 2.09 bits per heavy atom. The van der Waals surface area contributed by atoms with Gasteiger partial charge in [0.05, 0.1) is 29.5 Å². The molecule has 4 rings (SSSR count). The van der Waals surface area contributed by atoms with Crippen molar-refractivity contribution in [2.45, 2.75) is 37.9 Å². The van der Waals surface area contributed by atoms with E-state index < -0.39 is 0 Å². The van der Waals surface area contributed by atoms with Crippen molar-refractivity contribution in [1.29, 1.82) is 0 Å². The Labute approximate surface area is 194 Å². The van der Waals surface area contributed by atoms with E-state index in [1.165, 1.54) is 11.8 Å². The molecule has 0 saturated heterocycles. The summed E-state index contributed by atoms with van der Waals surface area (Å²) in [6, 6.07) is 11.5. The lowest BCUT2D eigenvalue weighted by atomic mass is 10.0. The van der Waals surface area contributed by atoms with Crippen molar-refractivity contribution in [1.82, 2.24) is 15.0 Å². The highest BCUT2D eigenvalue weighted by atomic mass is 32.2. The average molecular weight is 469 g/mol. The fourth-order valence-electron chi connectivity index (χ4n) is 3.68. The van der Waals surface area contributed by atoms with E-state index in [1.54, 1.807) is 23.5 Å². The Bertz CT molecular complexity index is 1190. The summed E-state index contributed by atoms with van der Waals surface area (Å²) in [6.07, 6.45) is 1.26. The number of aryl methyl sites for hydroxylation is 1. The summed E-state index contributed by atoms with van der Waals surface area (Å²) in [5.74, 6) is 0.754. The van der Waals surface area contributed by atoms with Crippen LogP contribution in [0.15, 0.2) is 56.8 Å². The highest BCUT2D eigenvalue weighted by molar-refractivity contribution is 7.99. The summed E-state index contributed by atoms with van der Waals surface area (Å²) < 4.78 is 5.26. The van der Waals surface area contributed by atoms with Gasteiger partial charge in [0, 0.05) is 17.7 Å². The minimum Gasteiger partial charge on any atom is -0.497 e. The summed E-state index contributed by atoms with van der Waals surface area (Å²) in [4.78, 5) is 33.7. The molecule has 1 N–H and O–H groups in total. The number of hydrazone groups is 1. The Morgan fingerprint density at radius 3 is 2.72 bits per heavy atom. The number of rotatable bonds is 7. The van der Waals surface area contributed by atoms with E-state index in [2.05, 4.69) is 15.1 Å². The second-order valence-corrected chi connectivity index (χ2v) is 9.24. The van der Waals surface area contributed by atoms with Crippen molar-refractivity contribution in [3.8, 4) is 5.75 Å². The number of benzene rings is 1. The maximum absolute atomic E-state index is 13.2. The molecule has 2 aromatic heterocycles. The van der Waals surface area contributed by atoms with Crippen molar-refractivity contribution >= 4 is 34.7 Å². The van der Waals surface area contributed by atoms with Crippen LogP contribution >= 0.6 is 23.1 Å². The maximum Gasteiger partial charge on any atom is 0.254 e. The van der Waals surface area contributed by atoms with Crippen LogP contribution in [0, 0.1) is 6.92 Å². The first-order valence-electron chi connectivity index (χ1n) is 10.3. The molecule has 3 heterocycles. The SMILES string of the molecule is CCc1c(C)nc(SCC(=O)N2N=C(c3cccs3)C[C@@H]2c2ccc(OC)cc2)[nH]c1=O. The van der Waals surface area contributed by atoms with E-state index in [0.29, 0.717) is 29.3 Å². The Morgan fingerprint density at radius 1 is 1.31 bits per heavy atom. The molecule has 32 heavy (non-hydrogen) atoms. The van der Waals surface area contributed by atoms with Crippen LogP contribution in [0.4, 0.5) is 0 Å². The van der Waals surface area contributed by atoms with Gasteiger partial charge in [0.25, 0.3) is 11.5 Å². The lowest BCUT2D eigenvalue weighted by molar-refractivity contribution is -0.130. The van der Waals surface area contributed by atoms with Crippen molar-refractivity contribution in [3.63, 3.8) is 0 Å². The van der Waals surface area contributed by atoms with E-state index in [4.69, 9.17) is 4.74 Å². The van der Waals surface area contributed by atoms with E-state index in [0.717, 1.165) is 21.9 Å². The van der Waals surface area contributed by atoms with Crippen molar-refractivity contribution in [2.75, 3.05) is 12.9 Å². The van der Waals surface area contributed by atoms with Gasteiger partial charge in [-0.05, 0) is 42.5 Å². The zero-order chi connectivity index (χ0) is 22.7. The van der Waals surface area contributed by atoms with Gasteiger partial charge in [-0.15, -0.1) is 11.3 Å². The molecule has 1 aliphatic rings. The monoisotopic (exact) mass is 468 g/mol. The van der Waals surface area contributed by atoms with Crippen LogP contribution in [0.2, 0.25) is 0 Å². The Hall–Kier alpha value is -2.91. The number of aromatic nitrogens is 2. The van der Waals surface area contributed by atoms with E-state index >= 15 is 0 Å². The third-order valence-corrected chi connectivity index (χ3v) is 7.14. The van der Waals surface area contributed by atoms with Gasteiger partial charge in [0.2, 0.25) is 0 Å². The standard InChI is InChI=1S/C23H24N4O3S2/c1-4-17-14(2)24-23(25-22(17)29)32-13-21(28)27-19(15-7-9-16(30-3)10-8-15)12-18(26-27)20-6-5-11-31-20/h5-11,19H,4,12-13H2,1-3H3,(H,24,25,29)/t19-/m1/s1. The number of methoxy groups -OCH3 is 1. The molecule has 3 aromatic rings. The molecule has 0 aliphatic carbocycles. The third kappa shape index (κ3) is 4.63. The van der Waals surface area contributed by atoms with Gasteiger partial charge in [-0.2, -0.15) is 5.10 Å². The molecule has 9 heteroatoms. The number of H-pyrrole nitrogens is 1. The zero-order valence-corrected chi connectivity index (χ0v) is 19.8. The smallest absolute Gasteiger partial charge is 0.254 e. The predicted molar refractivity (Wildman–Crippen MR) is 128 cm³/mol. The van der Waals surface area contributed by atoms with Gasteiger partial charge >= 0.3 is 0 Å². The van der Waals surface area contributed by atoms with E-state index in [9.17, 15) is 9.59 Å². The summed E-state index contributed by atoms with van der Waals surface area (Å²) in [5, 5.41) is 8.69. The highest BCUT2D eigenvalue weighted by Crippen LogP contribution is 2.35. The number of hydrogen-bond donors (Lipinski definition) is 1. The molecule has 0 radical (unpaired) electrons. The number of thiophene rings is 1. The fraction of sp³-hybridized carbons (Fsp3) is 0.304. The lowest BCUT2D eigenvalue weighted by Crippen LogP contribution is -2.28. The number of ether oxygens (including phenoxy) is 1. The van der Waals surface area contributed by atoms with Gasteiger partial charge in [-0.3, -0.25) is 9.59 Å². The number of nitrogens with zero attached hydrogens (tertiary/aromatic N) is 3. The number of aromatic amines is 1. The summed E-state index contributed by atoms with van der Waals surface area (Å²) >= 11 is 2.83.